The predicted octanol–water partition coefficient (Wildman–Crippen LogP) is 1.76. The van der Waals surface area contributed by atoms with Crippen LogP contribution in [0.15, 0.2) is 18.3 Å². The van der Waals surface area contributed by atoms with Crippen LogP contribution in [0.25, 0.3) is 0 Å². The number of hydrogen-bond acceptors (Lipinski definition) is 3. The van der Waals surface area contributed by atoms with E-state index in [9.17, 15) is 4.79 Å². The molecule has 0 saturated heterocycles. The average molecular weight is 208 g/mol. The molecule has 0 unspecified atom stereocenters. The Hall–Kier alpha value is -1.42. The summed E-state index contributed by atoms with van der Waals surface area (Å²) >= 11 is 0. The average Bonchev–Trinajstić information content (AvgIpc) is 2.18. The van der Waals surface area contributed by atoms with Crippen LogP contribution in [0.1, 0.15) is 18.4 Å². The number of amides is 1. The molecule has 0 aliphatic heterocycles. The second kappa shape index (κ2) is 6.14. The van der Waals surface area contributed by atoms with E-state index in [1.165, 1.54) is 0 Å². The van der Waals surface area contributed by atoms with Crippen LogP contribution in [-0.2, 0) is 9.53 Å². The Morgan fingerprint density at radius 3 is 3.07 bits per heavy atom. The minimum absolute atomic E-state index is 0.0230. The number of nitrogens with zero attached hydrogens (tertiary/aromatic N) is 1. The number of carbonyl (C=O) groups excluding carboxylic acids is 1. The van der Waals surface area contributed by atoms with Crippen molar-refractivity contribution < 1.29 is 9.53 Å². The van der Waals surface area contributed by atoms with Crippen molar-refractivity contribution in [2.45, 2.75) is 19.8 Å². The summed E-state index contributed by atoms with van der Waals surface area (Å²) in [5.41, 5.74) is 1.08. The summed E-state index contributed by atoms with van der Waals surface area (Å²) in [6.07, 6.45) is 2.87. The summed E-state index contributed by atoms with van der Waals surface area (Å²) in [5, 5.41) is 2.74. The van der Waals surface area contributed by atoms with Crippen molar-refractivity contribution in [1.29, 1.82) is 0 Å². The van der Waals surface area contributed by atoms with Gasteiger partial charge >= 0.3 is 0 Å². The maximum Gasteiger partial charge on any atom is 0.225 e. The van der Waals surface area contributed by atoms with Gasteiger partial charge in [0, 0.05) is 26.3 Å². The van der Waals surface area contributed by atoms with Gasteiger partial charge in [-0.15, -0.1) is 0 Å². The summed E-state index contributed by atoms with van der Waals surface area (Å²) < 4.78 is 4.87. The van der Waals surface area contributed by atoms with E-state index in [4.69, 9.17) is 4.74 Å². The number of rotatable bonds is 5. The van der Waals surface area contributed by atoms with Crippen molar-refractivity contribution in [2.24, 2.45) is 0 Å². The smallest absolute Gasteiger partial charge is 0.225 e. The molecular weight excluding hydrogens is 192 g/mol. The van der Waals surface area contributed by atoms with Crippen molar-refractivity contribution >= 4 is 11.7 Å². The Morgan fingerprint density at radius 1 is 1.60 bits per heavy atom. The highest BCUT2D eigenvalue weighted by molar-refractivity contribution is 5.89. The minimum atomic E-state index is -0.0230. The molecule has 82 valence electrons. The van der Waals surface area contributed by atoms with Crippen molar-refractivity contribution in [2.75, 3.05) is 19.0 Å². The van der Waals surface area contributed by atoms with Gasteiger partial charge in [0.1, 0.15) is 5.82 Å². The maximum absolute atomic E-state index is 11.4. The highest BCUT2D eigenvalue weighted by atomic mass is 16.5. The van der Waals surface area contributed by atoms with E-state index in [0.29, 0.717) is 18.8 Å². The normalized spacial score (nSPS) is 10.0. The van der Waals surface area contributed by atoms with Crippen LogP contribution >= 0.6 is 0 Å². The van der Waals surface area contributed by atoms with Gasteiger partial charge in [-0.2, -0.15) is 0 Å². The number of aromatic nitrogens is 1. The second-order valence-corrected chi connectivity index (χ2v) is 3.36. The zero-order chi connectivity index (χ0) is 11.1. The second-order valence-electron chi connectivity index (χ2n) is 3.36. The molecule has 4 heteroatoms. The minimum Gasteiger partial charge on any atom is -0.385 e. The molecule has 4 nitrogen and oxygen atoms in total. The number of carbonyl (C=O) groups is 1. The molecule has 0 spiro atoms. The fraction of sp³-hybridized carbons (Fsp3) is 0.455. The first-order valence-corrected chi connectivity index (χ1v) is 4.94. The van der Waals surface area contributed by atoms with Crippen LogP contribution < -0.4 is 5.32 Å². The molecule has 0 aliphatic carbocycles. The van der Waals surface area contributed by atoms with Crippen LogP contribution in [0.5, 0.6) is 0 Å². The number of pyridine rings is 1. The van der Waals surface area contributed by atoms with Crippen molar-refractivity contribution in [3.05, 3.63) is 23.9 Å². The maximum atomic E-state index is 11.4. The molecule has 1 amide bonds. The number of aryl methyl sites for hydroxylation is 1. The fourth-order valence-corrected chi connectivity index (χ4v) is 1.19. The van der Waals surface area contributed by atoms with Crippen LogP contribution in [0.4, 0.5) is 5.82 Å². The Bertz CT molecular complexity index is 326. The van der Waals surface area contributed by atoms with Crippen LogP contribution in [-0.4, -0.2) is 24.6 Å². The summed E-state index contributed by atoms with van der Waals surface area (Å²) in [5.74, 6) is 0.586. The van der Waals surface area contributed by atoms with Gasteiger partial charge in [0.05, 0.1) is 0 Å². The largest absolute Gasteiger partial charge is 0.385 e. The van der Waals surface area contributed by atoms with Gasteiger partial charge in [-0.1, -0.05) is 0 Å². The monoisotopic (exact) mass is 208 g/mol. The highest BCUT2D eigenvalue weighted by Gasteiger charge is 2.02. The molecule has 0 saturated carbocycles. The van der Waals surface area contributed by atoms with Crippen molar-refractivity contribution in [3.8, 4) is 0 Å². The van der Waals surface area contributed by atoms with Gasteiger partial charge in [0.2, 0.25) is 5.91 Å². The Labute approximate surface area is 89.7 Å². The standard InChI is InChI=1S/C11H16N2O2/c1-9-5-6-12-10(8-9)13-11(14)4-3-7-15-2/h5-6,8H,3-4,7H2,1-2H3,(H,12,13,14). The summed E-state index contributed by atoms with van der Waals surface area (Å²) in [4.78, 5) is 15.4. The summed E-state index contributed by atoms with van der Waals surface area (Å²) in [6, 6.07) is 3.73. The predicted molar refractivity (Wildman–Crippen MR) is 58.7 cm³/mol. The number of anilines is 1. The van der Waals surface area contributed by atoms with E-state index in [0.717, 1.165) is 12.0 Å². The number of ether oxygens (including phenoxy) is 1. The van der Waals surface area contributed by atoms with Crippen molar-refractivity contribution in [3.63, 3.8) is 0 Å². The molecule has 0 radical (unpaired) electrons. The van der Waals surface area contributed by atoms with E-state index in [2.05, 4.69) is 10.3 Å². The van der Waals surface area contributed by atoms with E-state index in [-0.39, 0.29) is 5.91 Å². The lowest BCUT2D eigenvalue weighted by atomic mass is 10.3. The molecule has 0 atom stereocenters. The molecule has 0 aliphatic rings. The quantitative estimate of drug-likeness (QED) is 0.750. The van der Waals surface area contributed by atoms with Gasteiger partial charge in [0.15, 0.2) is 0 Å². The number of methoxy groups -OCH3 is 1. The van der Waals surface area contributed by atoms with Crippen molar-refractivity contribution in [1.82, 2.24) is 4.98 Å². The molecular formula is C11H16N2O2. The molecule has 1 rings (SSSR count). The van der Waals surface area contributed by atoms with Gasteiger partial charge in [-0.05, 0) is 31.0 Å². The highest BCUT2D eigenvalue weighted by Crippen LogP contribution is 2.05. The van der Waals surface area contributed by atoms with Crippen LogP contribution in [0.3, 0.4) is 0 Å². The number of hydrogen-bond donors (Lipinski definition) is 1. The summed E-state index contributed by atoms with van der Waals surface area (Å²) in [7, 11) is 1.63. The van der Waals surface area contributed by atoms with E-state index >= 15 is 0 Å². The Morgan fingerprint density at radius 2 is 2.40 bits per heavy atom. The summed E-state index contributed by atoms with van der Waals surface area (Å²) in [6.45, 7) is 2.57. The molecule has 1 aromatic heterocycles. The van der Waals surface area contributed by atoms with Crippen LogP contribution in [0.2, 0.25) is 0 Å². The third kappa shape index (κ3) is 4.56. The van der Waals surface area contributed by atoms with E-state index in [1.807, 2.05) is 19.1 Å². The Balaban J connectivity index is 2.37. The molecule has 0 bridgehead atoms. The fourth-order valence-electron chi connectivity index (χ4n) is 1.19. The van der Waals surface area contributed by atoms with Gasteiger partial charge in [-0.25, -0.2) is 4.98 Å². The zero-order valence-corrected chi connectivity index (χ0v) is 9.12. The third-order valence-corrected chi connectivity index (χ3v) is 1.94. The SMILES string of the molecule is COCCCC(=O)Nc1cc(C)ccn1. The Kier molecular flexibility index (Phi) is 4.77. The molecule has 15 heavy (non-hydrogen) atoms. The molecule has 1 heterocycles. The molecule has 0 aromatic carbocycles. The third-order valence-electron chi connectivity index (χ3n) is 1.94. The first-order valence-electron chi connectivity index (χ1n) is 4.94. The molecule has 1 aromatic rings. The van der Waals surface area contributed by atoms with Gasteiger partial charge in [-0.3, -0.25) is 4.79 Å². The topological polar surface area (TPSA) is 51.2 Å². The van der Waals surface area contributed by atoms with Gasteiger partial charge in [0.25, 0.3) is 0 Å². The molecule has 0 fully saturated rings. The molecule has 1 N–H and O–H groups in total. The lowest BCUT2D eigenvalue weighted by Crippen LogP contribution is -2.13. The lowest BCUT2D eigenvalue weighted by molar-refractivity contribution is -0.116. The lowest BCUT2D eigenvalue weighted by Gasteiger charge is -2.04. The first kappa shape index (κ1) is 11.7. The van der Waals surface area contributed by atoms with E-state index < -0.39 is 0 Å². The first-order chi connectivity index (χ1) is 7.22. The van der Waals surface area contributed by atoms with E-state index in [1.54, 1.807) is 13.3 Å². The zero-order valence-electron chi connectivity index (χ0n) is 9.12. The van der Waals surface area contributed by atoms with Crippen LogP contribution in [0, 0.1) is 6.92 Å². The number of nitrogens with one attached hydrogen (secondary N) is 1. The van der Waals surface area contributed by atoms with Gasteiger partial charge < -0.3 is 10.1 Å².